The number of aryl methyl sites for hydroxylation is 2. The van der Waals surface area contributed by atoms with Crippen molar-refractivity contribution in [2.45, 2.75) is 54.5 Å². The first-order chi connectivity index (χ1) is 16.5. The molecule has 0 atom stereocenters. The fraction of sp³-hybridized carbons (Fsp3) is 0.308. The van der Waals surface area contributed by atoms with Crippen molar-refractivity contribution < 1.29 is 23.1 Å². The maximum atomic E-state index is 14.0. The Kier molecular flexibility index (Phi) is 10.1. The predicted molar refractivity (Wildman–Crippen MR) is 146 cm³/mol. The quantitative estimate of drug-likeness (QED) is 0.171. The Labute approximate surface area is 222 Å². The van der Waals surface area contributed by atoms with E-state index in [1.807, 2.05) is 11.8 Å². The summed E-state index contributed by atoms with van der Waals surface area (Å²) in [5.74, 6) is 2.26. The van der Waals surface area contributed by atoms with Crippen LogP contribution in [0.2, 0.25) is 0 Å². The molecule has 0 saturated heterocycles. The molecule has 0 heterocycles. The van der Waals surface area contributed by atoms with E-state index < -0.39 is 18.8 Å². The van der Waals surface area contributed by atoms with E-state index in [0.717, 1.165) is 36.0 Å². The Balaban J connectivity index is 1.52. The number of rotatable bonds is 11. The van der Waals surface area contributed by atoms with E-state index >= 15 is 0 Å². The van der Waals surface area contributed by atoms with E-state index in [1.54, 1.807) is 11.8 Å². The number of benzene rings is 3. The fourth-order valence-electron chi connectivity index (χ4n) is 3.60. The third-order valence-corrected chi connectivity index (χ3v) is 9.40. The van der Waals surface area contributed by atoms with E-state index in [4.69, 9.17) is 9.79 Å². The first-order valence-electron chi connectivity index (χ1n) is 11.2. The van der Waals surface area contributed by atoms with Crippen LogP contribution in [0.5, 0.6) is 0 Å². The lowest BCUT2D eigenvalue weighted by Crippen LogP contribution is -2.14. The van der Waals surface area contributed by atoms with Crippen molar-refractivity contribution >= 4 is 47.0 Å². The highest BCUT2D eigenvalue weighted by Crippen LogP contribution is 2.60. The van der Waals surface area contributed by atoms with Gasteiger partial charge in [-0.05, 0) is 58.9 Å². The lowest BCUT2D eigenvalue weighted by atomic mass is 10.0. The Morgan fingerprint density at radius 2 is 1.40 bits per heavy atom. The van der Waals surface area contributed by atoms with Crippen molar-refractivity contribution in [3.05, 3.63) is 98.5 Å². The molecule has 0 amide bonds. The maximum Gasteiger partial charge on any atom is 0.399 e. The smallest absolute Gasteiger partial charge is 0.320 e. The summed E-state index contributed by atoms with van der Waals surface area (Å²) >= 11 is 6.51. The summed E-state index contributed by atoms with van der Waals surface area (Å²) in [7, 11) is -5.60. The molecule has 3 nitrogen and oxygen atoms in total. The highest BCUT2D eigenvalue weighted by Gasteiger charge is 2.51. The van der Waals surface area contributed by atoms with Gasteiger partial charge in [0.2, 0.25) is 0 Å². The topological polar surface area (TPSA) is 57.5 Å². The molecule has 3 rings (SSSR count). The van der Waals surface area contributed by atoms with Gasteiger partial charge in [0.1, 0.15) is 0 Å². The van der Waals surface area contributed by atoms with Crippen LogP contribution in [0.3, 0.4) is 0 Å². The summed E-state index contributed by atoms with van der Waals surface area (Å²) in [5, 5.41) is 0. The van der Waals surface area contributed by atoms with Gasteiger partial charge in [0.25, 0.3) is 0 Å². The van der Waals surface area contributed by atoms with Crippen LogP contribution in [0.15, 0.2) is 70.0 Å². The third-order valence-electron chi connectivity index (χ3n) is 5.63. The van der Waals surface area contributed by atoms with Gasteiger partial charge in [-0.1, -0.05) is 72.2 Å². The van der Waals surface area contributed by atoms with Crippen LogP contribution >= 0.6 is 47.0 Å². The second-order valence-electron chi connectivity index (χ2n) is 8.14. The van der Waals surface area contributed by atoms with Gasteiger partial charge in [-0.25, -0.2) is 0 Å². The van der Waals surface area contributed by atoms with Crippen molar-refractivity contribution in [2.75, 3.05) is 0 Å². The van der Waals surface area contributed by atoms with E-state index in [-0.39, 0.29) is 4.47 Å². The number of alkyl halides is 2. The van der Waals surface area contributed by atoms with Crippen molar-refractivity contribution in [3.63, 3.8) is 0 Å². The maximum absolute atomic E-state index is 14.0. The molecule has 0 fully saturated rings. The summed E-state index contributed by atoms with van der Waals surface area (Å²) in [6.45, 7) is 4.38. The molecule has 3 aromatic rings. The van der Waals surface area contributed by atoms with E-state index in [1.165, 1.54) is 39.3 Å². The van der Waals surface area contributed by atoms with Gasteiger partial charge in [0, 0.05) is 32.2 Å². The molecule has 35 heavy (non-hydrogen) atoms. The average Bonchev–Trinajstić information content (AvgIpc) is 2.82. The van der Waals surface area contributed by atoms with Gasteiger partial charge >= 0.3 is 13.3 Å². The zero-order valence-electron chi connectivity index (χ0n) is 19.5. The normalized spacial score (nSPS) is 12.2. The number of hydrogen-bond acceptors (Lipinski definition) is 3. The molecular weight excluding hydrogens is 573 g/mol. The minimum atomic E-state index is -5.60. The van der Waals surface area contributed by atoms with Crippen LogP contribution in [-0.2, 0) is 40.3 Å². The van der Waals surface area contributed by atoms with Crippen LogP contribution in [0.4, 0.5) is 8.78 Å². The second kappa shape index (κ2) is 12.4. The van der Waals surface area contributed by atoms with Gasteiger partial charge in [0.05, 0.1) is 0 Å². The highest BCUT2D eigenvalue weighted by molar-refractivity contribution is 9.10. The van der Waals surface area contributed by atoms with E-state index in [0.29, 0.717) is 5.75 Å². The molecule has 0 aromatic heterocycles. The Hall–Kier alpha value is -1.15. The summed E-state index contributed by atoms with van der Waals surface area (Å²) in [6.07, 6.45) is 2.10. The monoisotopic (exact) mass is 600 g/mol. The van der Waals surface area contributed by atoms with Gasteiger partial charge in [-0.3, -0.25) is 4.57 Å². The number of hydrogen-bond donors (Lipinski definition) is 2. The van der Waals surface area contributed by atoms with Gasteiger partial charge < -0.3 is 9.79 Å². The molecule has 0 aliphatic rings. The van der Waals surface area contributed by atoms with Crippen molar-refractivity contribution in [1.29, 1.82) is 0 Å². The van der Waals surface area contributed by atoms with Crippen molar-refractivity contribution in [1.82, 2.24) is 0 Å². The molecule has 0 saturated carbocycles. The Bertz CT molecular complexity index is 1200. The number of halogens is 3. The van der Waals surface area contributed by atoms with Crippen molar-refractivity contribution in [2.24, 2.45) is 0 Å². The first kappa shape index (κ1) is 28.4. The Morgan fingerprint density at radius 1 is 0.829 bits per heavy atom. The zero-order valence-corrected chi connectivity index (χ0v) is 23.6. The molecule has 0 spiro atoms. The molecule has 2 N–H and O–H groups in total. The summed E-state index contributed by atoms with van der Waals surface area (Å²) in [6, 6.07) is 19.3. The van der Waals surface area contributed by atoms with Crippen LogP contribution in [0.25, 0.3) is 0 Å². The van der Waals surface area contributed by atoms with Crippen LogP contribution in [0, 0.1) is 0 Å². The predicted octanol–water partition coefficient (Wildman–Crippen LogP) is 8.53. The van der Waals surface area contributed by atoms with Crippen LogP contribution in [0.1, 0.15) is 47.2 Å². The standard InChI is InChI=1S/C26H28BrF2O3PS2/c1-3-21-10-11-23(14-22(21)4-2)35-17-19-7-5-18(6-8-19)15-34-16-20-9-12-24(25(27)13-20)26(28,29)33(30,31)32/h5-14H,3-4,15-17H2,1-2H3,(H2,30,31,32). The van der Waals surface area contributed by atoms with Crippen molar-refractivity contribution in [3.8, 4) is 0 Å². The largest absolute Gasteiger partial charge is 0.399 e. The third kappa shape index (κ3) is 7.43. The van der Waals surface area contributed by atoms with Gasteiger partial charge in [-0.2, -0.15) is 20.5 Å². The lowest BCUT2D eigenvalue weighted by molar-refractivity contribution is 0.0557. The van der Waals surface area contributed by atoms with E-state index in [2.05, 4.69) is 72.2 Å². The molecular formula is C26H28BrF2O3PS2. The van der Waals surface area contributed by atoms with Crippen LogP contribution < -0.4 is 0 Å². The zero-order chi connectivity index (χ0) is 25.6. The molecule has 0 aliphatic heterocycles. The molecule has 0 aliphatic carbocycles. The molecule has 0 radical (unpaired) electrons. The lowest BCUT2D eigenvalue weighted by Gasteiger charge is -2.19. The Morgan fingerprint density at radius 3 is 1.97 bits per heavy atom. The van der Waals surface area contributed by atoms with Crippen LogP contribution in [-0.4, -0.2) is 9.79 Å². The SMILES string of the molecule is CCc1ccc(SCc2ccc(CSCc3ccc(C(F)(F)P(=O)(O)O)c(Br)c3)cc2)cc1CC. The first-order valence-corrected chi connectivity index (χ1v) is 15.7. The second-order valence-corrected chi connectivity index (χ2v) is 12.7. The van der Waals surface area contributed by atoms with E-state index in [9.17, 15) is 13.3 Å². The minimum Gasteiger partial charge on any atom is -0.320 e. The van der Waals surface area contributed by atoms with Gasteiger partial charge in [-0.15, -0.1) is 11.8 Å². The molecule has 3 aromatic carbocycles. The van der Waals surface area contributed by atoms with Gasteiger partial charge in [0.15, 0.2) is 0 Å². The molecule has 0 bridgehead atoms. The molecule has 0 unspecified atom stereocenters. The summed E-state index contributed by atoms with van der Waals surface area (Å²) in [4.78, 5) is 19.2. The molecule has 9 heteroatoms. The minimum absolute atomic E-state index is 0.0128. The summed E-state index contributed by atoms with van der Waals surface area (Å²) < 4.78 is 39.1. The number of thioether (sulfide) groups is 2. The average molecular weight is 602 g/mol. The highest BCUT2D eigenvalue weighted by atomic mass is 79.9. The molecule has 188 valence electrons. The fourth-order valence-corrected chi connectivity index (χ4v) is 6.80. The summed E-state index contributed by atoms with van der Waals surface area (Å²) in [5.41, 5.74) is 1.12.